The Morgan fingerprint density at radius 1 is 1.30 bits per heavy atom. The molecule has 1 heterocycles. The number of aryl methyl sites for hydroxylation is 1. The molecule has 2 aromatic rings. The van der Waals surface area contributed by atoms with Gasteiger partial charge in [-0.1, -0.05) is 12.1 Å². The van der Waals surface area contributed by atoms with E-state index in [2.05, 4.69) is 11.4 Å². The molecular formula is C16H20N2O2. The van der Waals surface area contributed by atoms with E-state index in [1.54, 1.807) is 18.9 Å². The minimum atomic E-state index is 0.0643. The molecule has 4 heteroatoms. The minimum Gasteiger partial charge on any atom is -0.465 e. The van der Waals surface area contributed by atoms with Gasteiger partial charge in [0.05, 0.1) is 6.54 Å². The van der Waals surface area contributed by atoms with E-state index in [9.17, 15) is 4.79 Å². The zero-order chi connectivity index (χ0) is 14.5. The molecule has 0 aliphatic heterocycles. The topological polar surface area (TPSA) is 45.5 Å². The monoisotopic (exact) mass is 272 g/mol. The maximum atomic E-state index is 11.2. The summed E-state index contributed by atoms with van der Waals surface area (Å²) in [5.41, 5.74) is 2.12. The summed E-state index contributed by atoms with van der Waals surface area (Å²) in [4.78, 5) is 12.9. The van der Waals surface area contributed by atoms with Crippen LogP contribution < -0.4 is 5.32 Å². The Hall–Kier alpha value is -2.23. The maximum absolute atomic E-state index is 11.2. The molecular weight excluding hydrogens is 252 g/mol. The van der Waals surface area contributed by atoms with Gasteiger partial charge < -0.3 is 14.6 Å². The standard InChI is InChI=1S/C16H20N2O2/c1-12-7-8-16(20-12)10-17-15-6-4-5-14(9-15)11-18(3)13(2)19/h4-9,17H,10-11H2,1-3H3. The lowest BCUT2D eigenvalue weighted by molar-refractivity contribution is -0.128. The lowest BCUT2D eigenvalue weighted by Crippen LogP contribution is -2.22. The Morgan fingerprint density at radius 3 is 2.75 bits per heavy atom. The zero-order valence-corrected chi connectivity index (χ0v) is 12.1. The average Bonchev–Trinajstić information content (AvgIpc) is 2.82. The van der Waals surface area contributed by atoms with Gasteiger partial charge in [0, 0.05) is 26.2 Å². The number of hydrogen-bond acceptors (Lipinski definition) is 3. The Kier molecular flexibility index (Phi) is 4.45. The van der Waals surface area contributed by atoms with Crippen LogP contribution in [0.15, 0.2) is 40.8 Å². The summed E-state index contributed by atoms with van der Waals surface area (Å²) < 4.78 is 5.52. The van der Waals surface area contributed by atoms with E-state index in [4.69, 9.17) is 4.42 Å². The van der Waals surface area contributed by atoms with E-state index in [0.29, 0.717) is 13.1 Å². The number of rotatable bonds is 5. The SMILES string of the molecule is CC(=O)N(C)Cc1cccc(NCc2ccc(C)o2)c1. The molecule has 0 fully saturated rings. The second-order valence-electron chi connectivity index (χ2n) is 4.94. The third-order valence-electron chi connectivity index (χ3n) is 3.15. The third kappa shape index (κ3) is 3.88. The van der Waals surface area contributed by atoms with Crippen LogP contribution in [0.1, 0.15) is 24.0 Å². The lowest BCUT2D eigenvalue weighted by atomic mass is 10.2. The first-order chi connectivity index (χ1) is 9.54. The van der Waals surface area contributed by atoms with Gasteiger partial charge in [0.25, 0.3) is 0 Å². The van der Waals surface area contributed by atoms with Crippen molar-refractivity contribution in [3.05, 3.63) is 53.5 Å². The van der Waals surface area contributed by atoms with Crippen molar-refractivity contribution in [2.45, 2.75) is 26.9 Å². The molecule has 0 bridgehead atoms. The molecule has 1 amide bonds. The number of carbonyl (C=O) groups excluding carboxylic acids is 1. The van der Waals surface area contributed by atoms with Crippen LogP contribution in [0.4, 0.5) is 5.69 Å². The number of nitrogens with zero attached hydrogens (tertiary/aromatic N) is 1. The summed E-state index contributed by atoms with van der Waals surface area (Å²) in [5.74, 6) is 1.89. The number of anilines is 1. The van der Waals surface area contributed by atoms with E-state index < -0.39 is 0 Å². The number of nitrogens with one attached hydrogen (secondary N) is 1. The summed E-state index contributed by atoms with van der Waals surface area (Å²) in [6.45, 7) is 4.77. The van der Waals surface area contributed by atoms with Crippen molar-refractivity contribution < 1.29 is 9.21 Å². The first-order valence-corrected chi connectivity index (χ1v) is 6.64. The number of hydrogen-bond donors (Lipinski definition) is 1. The van der Waals surface area contributed by atoms with Crippen LogP contribution in [0.5, 0.6) is 0 Å². The maximum Gasteiger partial charge on any atom is 0.219 e. The minimum absolute atomic E-state index is 0.0643. The zero-order valence-electron chi connectivity index (χ0n) is 12.1. The molecule has 0 radical (unpaired) electrons. The molecule has 20 heavy (non-hydrogen) atoms. The summed E-state index contributed by atoms with van der Waals surface area (Å²) in [6, 6.07) is 12.0. The van der Waals surface area contributed by atoms with Crippen molar-refractivity contribution >= 4 is 11.6 Å². The fourth-order valence-corrected chi connectivity index (χ4v) is 1.93. The fraction of sp³-hybridized carbons (Fsp3) is 0.312. The predicted octanol–water partition coefficient (Wildman–Crippen LogP) is 3.18. The Balaban J connectivity index is 1.97. The second kappa shape index (κ2) is 6.28. The fourth-order valence-electron chi connectivity index (χ4n) is 1.93. The van der Waals surface area contributed by atoms with Gasteiger partial charge in [0.2, 0.25) is 5.91 Å². The van der Waals surface area contributed by atoms with Crippen LogP contribution in [0.25, 0.3) is 0 Å². The molecule has 0 saturated heterocycles. The van der Waals surface area contributed by atoms with Gasteiger partial charge >= 0.3 is 0 Å². The van der Waals surface area contributed by atoms with Crippen LogP contribution in [0.2, 0.25) is 0 Å². The van der Waals surface area contributed by atoms with E-state index in [1.807, 2.05) is 37.3 Å². The molecule has 4 nitrogen and oxygen atoms in total. The summed E-state index contributed by atoms with van der Waals surface area (Å²) in [6.07, 6.45) is 0. The molecule has 106 valence electrons. The van der Waals surface area contributed by atoms with Gasteiger partial charge in [-0.05, 0) is 36.8 Å². The van der Waals surface area contributed by atoms with E-state index in [0.717, 1.165) is 22.8 Å². The van der Waals surface area contributed by atoms with Gasteiger partial charge in [-0.3, -0.25) is 4.79 Å². The van der Waals surface area contributed by atoms with Gasteiger partial charge in [0.15, 0.2) is 0 Å². The number of amides is 1. The Morgan fingerprint density at radius 2 is 2.10 bits per heavy atom. The van der Waals surface area contributed by atoms with Crippen molar-refractivity contribution in [1.82, 2.24) is 4.90 Å². The van der Waals surface area contributed by atoms with Gasteiger partial charge in [-0.15, -0.1) is 0 Å². The van der Waals surface area contributed by atoms with Gasteiger partial charge in [-0.2, -0.15) is 0 Å². The van der Waals surface area contributed by atoms with Gasteiger partial charge in [-0.25, -0.2) is 0 Å². The largest absolute Gasteiger partial charge is 0.465 e. The van der Waals surface area contributed by atoms with Crippen LogP contribution in [0, 0.1) is 6.92 Å². The summed E-state index contributed by atoms with van der Waals surface area (Å²) in [5, 5.41) is 3.32. The van der Waals surface area contributed by atoms with Crippen molar-refractivity contribution in [2.75, 3.05) is 12.4 Å². The normalized spacial score (nSPS) is 10.3. The van der Waals surface area contributed by atoms with Crippen LogP contribution >= 0.6 is 0 Å². The summed E-state index contributed by atoms with van der Waals surface area (Å²) >= 11 is 0. The highest BCUT2D eigenvalue weighted by atomic mass is 16.3. The van der Waals surface area contributed by atoms with Gasteiger partial charge in [0.1, 0.15) is 11.5 Å². The van der Waals surface area contributed by atoms with Crippen molar-refractivity contribution in [3.63, 3.8) is 0 Å². The van der Waals surface area contributed by atoms with Crippen LogP contribution in [-0.2, 0) is 17.9 Å². The number of carbonyl (C=O) groups is 1. The van der Waals surface area contributed by atoms with E-state index in [1.165, 1.54) is 0 Å². The molecule has 1 aromatic carbocycles. The molecule has 1 aromatic heterocycles. The highest BCUT2D eigenvalue weighted by Crippen LogP contribution is 2.14. The molecule has 0 saturated carbocycles. The lowest BCUT2D eigenvalue weighted by Gasteiger charge is -2.15. The molecule has 0 atom stereocenters. The molecule has 0 aliphatic carbocycles. The first kappa shape index (κ1) is 14.2. The van der Waals surface area contributed by atoms with E-state index >= 15 is 0 Å². The third-order valence-corrected chi connectivity index (χ3v) is 3.15. The highest BCUT2D eigenvalue weighted by molar-refractivity contribution is 5.72. The van der Waals surface area contributed by atoms with Crippen molar-refractivity contribution in [2.24, 2.45) is 0 Å². The molecule has 2 rings (SSSR count). The molecule has 0 aliphatic rings. The molecule has 0 spiro atoms. The highest BCUT2D eigenvalue weighted by Gasteiger charge is 2.04. The molecule has 1 N–H and O–H groups in total. The summed E-state index contributed by atoms with van der Waals surface area (Å²) in [7, 11) is 1.80. The van der Waals surface area contributed by atoms with Crippen LogP contribution in [-0.4, -0.2) is 17.9 Å². The quantitative estimate of drug-likeness (QED) is 0.909. The van der Waals surface area contributed by atoms with E-state index in [-0.39, 0.29) is 5.91 Å². The number of benzene rings is 1. The molecule has 0 unspecified atom stereocenters. The van der Waals surface area contributed by atoms with Crippen LogP contribution in [0.3, 0.4) is 0 Å². The second-order valence-corrected chi connectivity index (χ2v) is 4.94. The van der Waals surface area contributed by atoms with Crippen molar-refractivity contribution in [3.8, 4) is 0 Å². The predicted molar refractivity (Wildman–Crippen MR) is 79.4 cm³/mol. The van der Waals surface area contributed by atoms with Crippen molar-refractivity contribution in [1.29, 1.82) is 0 Å². The Labute approximate surface area is 119 Å². The number of furan rings is 1. The first-order valence-electron chi connectivity index (χ1n) is 6.64. The Bertz CT molecular complexity index is 590. The average molecular weight is 272 g/mol. The smallest absolute Gasteiger partial charge is 0.219 e.